The van der Waals surface area contributed by atoms with Crippen molar-refractivity contribution in [1.29, 1.82) is 0 Å². The first-order valence-corrected chi connectivity index (χ1v) is 11.7. The van der Waals surface area contributed by atoms with Crippen molar-refractivity contribution in [2.75, 3.05) is 27.8 Å². The third-order valence-electron chi connectivity index (χ3n) is 6.27. The number of amides is 2. The van der Waals surface area contributed by atoms with E-state index < -0.39 is 29.6 Å². The molecule has 1 aliphatic rings. The minimum atomic E-state index is -4.51. The number of rotatable bonds is 7. The van der Waals surface area contributed by atoms with E-state index in [4.69, 9.17) is 9.47 Å². The van der Waals surface area contributed by atoms with Gasteiger partial charge in [-0.2, -0.15) is 18.3 Å². The molecule has 0 spiro atoms. The Kier molecular flexibility index (Phi) is 7.70. The minimum absolute atomic E-state index is 0.0402. The SMILES string of the molecule is COc1ccc(C2=NN(C(=O)CN(C)C(=O)c3ccc(C(F)(F)F)cc3)C(c3ccccc3OC)C2)cc1. The lowest BCUT2D eigenvalue weighted by molar-refractivity contribution is -0.137. The lowest BCUT2D eigenvalue weighted by Crippen LogP contribution is -2.39. The molecule has 7 nitrogen and oxygen atoms in total. The molecule has 0 radical (unpaired) electrons. The van der Waals surface area contributed by atoms with Crippen molar-refractivity contribution in [2.45, 2.75) is 18.6 Å². The van der Waals surface area contributed by atoms with Crippen LogP contribution in [0.4, 0.5) is 13.2 Å². The Morgan fingerprint density at radius 3 is 2.24 bits per heavy atom. The number of benzene rings is 3. The Labute approximate surface area is 218 Å². The molecule has 0 N–H and O–H groups in total. The fraction of sp³-hybridized carbons (Fsp3) is 0.250. The Balaban J connectivity index is 1.58. The van der Waals surface area contributed by atoms with Gasteiger partial charge in [0.25, 0.3) is 11.8 Å². The van der Waals surface area contributed by atoms with Gasteiger partial charge in [0, 0.05) is 24.6 Å². The summed E-state index contributed by atoms with van der Waals surface area (Å²) in [7, 11) is 4.53. The molecule has 1 aliphatic heterocycles. The Hall–Kier alpha value is -4.34. The molecule has 2 amide bonds. The van der Waals surface area contributed by atoms with Gasteiger partial charge in [-0.05, 0) is 60.2 Å². The van der Waals surface area contributed by atoms with Gasteiger partial charge in [-0.1, -0.05) is 18.2 Å². The van der Waals surface area contributed by atoms with Gasteiger partial charge in [0.2, 0.25) is 0 Å². The largest absolute Gasteiger partial charge is 0.497 e. The van der Waals surface area contributed by atoms with Crippen LogP contribution in [0.1, 0.15) is 39.5 Å². The van der Waals surface area contributed by atoms with Crippen LogP contribution >= 0.6 is 0 Å². The van der Waals surface area contributed by atoms with Gasteiger partial charge in [0.15, 0.2) is 0 Å². The molecule has 1 heterocycles. The molecule has 1 unspecified atom stereocenters. The van der Waals surface area contributed by atoms with Crippen LogP contribution in [0.3, 0.4) is 0 Å². The first kappa shape index (κ1) is 26.7. The van der Waals surface area contributed by atoms with Crippen molar-refractivity contribution >= 4 is 17.5 Å². The predicted octanol–water partition coefficient (Wildman–Crippen LogP) is 5.17. The molecule has 1 atom stereocenters. The van der Waals surface area contributed by atoms with Crippen molar-refractivity contribution in [3.05, 3.63) is 95.1 Å². The van der Waals surface area contributed by atoms with E-state index in [-0.39, 0.29) is 12.1 Å². The van der Waals surface area contributed by atoms with Crippen molar-refractivity contribution < 1.29 is 32.2 Å². The lowest BCUT2D eigenvalue weighted by Gasteiger charge is -2.26. The number of likely N-dealkylation sites (N-methyl/N-ethyl adjacent to an activating group) is 1. The number of para-hydroxylation sites is 1. The van der Waals surface area contributed by atoms with E-state index in [1.165, 1.54) is 12.1 Å². The fourth-order valence-electron chi connectivity index (χ4n) is 4.25. The van der Waals surface area contributed by atoms with Crippen LogP contribution in [0.15, 0.2) is 77.9 Å². The highest BCUT2D eigenvalue weighted by Gasteiger charge is 2.36. The summed E-state index contributed by atoms with van der Waals surface area (Å²) in [5.41, 5.74) is 1.43. The van der Waals surface area contributed by atoms with E-state index in [1.54, 1.807) is 32.4 Å². The van der Waals surface area contributed by atoms with Gasteiger partial charge < -0.3 is 14.4 Å². The van der Waals surface area contributed by atoms with E-state index in [0.717, 1.165) is 40.3 Å². The molecule has 0 bridgehead atoms. The number of carbonyl (C=O) groups excluding carboxylic acids is 2. The third kappa shape index (κ3) is 5.64. The highest BCUT2D eigenvalue weighted by atomic mass is 19.4. The average Bonchev–Trinajstić information content (AvgIpc) is 3.37. The molecule has 10 heteroatoms. The van der Waals surface area contributed by atoms with Crippen LogP contribution in [0.25, 0.3) is 0 Å². The number of hydrazone groups is 1. The number of carbonyl (C=O) groups is 2. The second-order valence-corrected chi connectivity index (χ2v) is 8.71. The molecule has 3 aromatic rings. The number of nitrogens with zero attached hydrogens (tertiary/aromatic N) is 3. The van der Waals surface area contributed by atoms with Crippen molar-refractivity contribution in [2.24, 2.45) is 5.10 Å². The number of alkyl halides is 3. The van der Waals surface area contributed by atoms with E-state index in [9.17, 15) is 22.8 Å². The van der Waals surface area contributed by atoms with E-state index in [0.29, 0.717) is 23.6 Å². The van der Waals surface area contributed by atoms with Crippen LogP contribution in [0, 0.1) is 0 Å². The summed E-state index contributed by atoms with van der Waals surface area (Å²) in [6.07, 6.45) is -4.10. The number of hydrogen-bond donors (Lipinski definition) is 0. The topological polar surface area (TPSA) is 71.4 Å². The van der Waals surface area contributed by atoms with Crippen LogP contribution in [0.5, 0.6) is 11.5 Å². The van der Waals surface area contributed by atoms with E-state index in [2.05, 4.69) is 5.10 Å². The van der Waals surface area contributed by atoms with Gasteiger partial charge in [-0.15, -0.1) is 0 Å². The van der Waals surface area contributed by atoms with Crippen LogP contribution in [-0.2, 0) is 11.0 Å². The maximum atomic E-state index is 13.5. The number of ether oxygens (including phenoxy) is 2. The van der Waals surface area contributed by atoms with Crippen molar-refractivity contribution in [1.82, 2.24) is 9.91 Å². The van der Waals surface area contributed by atoms with Crippen molar-refractivity contribution in [3.63, 3.8) is 0 Å². The molecule has 0 aliphatic carbocycles. The fourth-order valence-corrected chi connectivity index (χ4v) is 4.25. The number of methoxy groups -OCH3 is 2. The summed E-state index contributed by atoms with van der Waals surface area (Å²) in [6, 6.07) is 18.0. The molecular formula is C28H26F3N3O4. The summed E-state index contributed by atoms with van der Waals surface area (Å²) >= 11 is 0. The Bertz CT molecular complexity index is 1340. The van der Waals surface area contributed by atoms with Crippen LogP contribution < -0.4 is 9.47 Å². The Morgan fingerprint density at radius 1 is 0.974 bits per heavy atom. The van der Waals surface area contributed by atoms with Gasteiger partial charge in [-0.3, -0.25) is 9.59 Å². The first-order valence-electron chi connectivity index (χ1n) is 11.7. The zero-order valence-corrected chi connectivity index (χ0v) is 21.0. The van der Waals surface area contributed by atoms with Crippen molar-refractivity contribution in [3.8, 4) is 11.5 Å². The summed E-state index contributed by atoms with van der Waals surface area (Å²) in [5, 5.41) is 5.95. The molecule has 0 saturated heterocycles. The predicted molar refractivity (Wildman–Crippen MR) is 135 cm³/mol. The maximum Gasteiger partial charge on any atom is 0.416 e. The molecule has 0 saturated carbocycles. The van der Waals surface area contributed by atoms with E-state index in [1.807, 2.05) is 30.3 Å². The zero-order valence-electron chi connectivity index (χ0n) is 21.0. The quantitative estimate of drug-likeness (QED) is 0.427. The number of halogens is 3. The second kappa shape index (κ2) is 11.0. The zero-order chi connectivity index (χ0) is 27.4. The Morgan fingerprint density at radius 2 is 1.63 bits per heavy atom. The van der Waals surface area contributed by atoms with E-state index >= 15 is 0 Å². The normalized spacial score (nSPS) is 15.2. The lowest BCUT2D eigenvalue weighted by atomic mass is 9.97. The maximum absolute atomic E-state index is 13.5. The first-order chi connectivity index (χ1) is 18.1. The summed E-state index contributed by atoms with van der Waals surface area (Å²) in [6.45, 7) is -0.328. The monoisotopic (exact) mass is 525 g/mol. The smallest absolute Gasteiger partial charge is 0.416 e. The van der Waals surface area contributed by atoms with Gasteiger partial charge >= 0.3 is 6.18 Å². The second-order valence-electron chi connectivity index (χ2n) is 8.71. The molecular weight excluding hydrogens is 499 g/mol. The molecule has 0 aromatic heterocycles. The minimum Gasteiger partial charge on any atom is -0.497 e. The number of hydrogen-bond acceptors (Lipinski definition) is 5. The van der Waals surface area contributed by atoms with Gasteiger partial charge in [-0.25, -0.2) is 5.01 Å². The average molecular weight is 526 g/mol. The molecule has 0 fully saturated rings. The highest BCUT2D eigenvalue weighted by Crippen LogP contribution is 2.37. The molecule has 38 heavy (non-hydrogen) atoms. The summed E-state index contributed by atoms with van der Waals surface area (Å²) in [5.74, 6) is 0.243. The van der Waals surface area contributed by atoms with Crippen LogP contribution in [-0.4, -0.2) is 55.2 Å². The third-order valence-corrected chi connectivity index (χ3v) is 6.27. The molecule has 3 aromatic carbocycles. The molecule has 4 rings (SSSR count). The van der Waals surface area contributed by atoms with Gasteiger partial charge in [0.1, 0.15) is 18.0 Å². The van der Waals surface area contributed by atoms with Crippen LogP contribution in [0.2, 0.25) is 0 Å². The summed E-state index contributed by atoms with van der Waals surface area (Å²) < 4.78 is 49.4. The summed E-state index contributed by atoms with van der Waals surface area (Å²) in [4.78, 5) is 27.5. The molecule has 198 valence electrons. The van der Waals surface area contributed by atoms with Gasteiger partial charge in [0.05, 0.1) is 31.5 Å². The highest BCUT2D eigenvalue weighted by molar-refractivity contribution is 6.04. The standard InChI is InChI=1S/C28H26F3N3O4/c1-33(27(36)19-8-12-20(13-9-19)28(29,30)31)17-26(35)34-24(22-6-4-5-7-25(22)38-3)16-23(32-34)18-10-14-21(37-2)15-11-18/h4-15,24H,16-17H2,1-3H3.